The van der Waals surface area contributed by atoms with Gasteiger partial charge in [0.05, 0.1) is 0 Å². The van der Waals surface area contributed by atoms with E-state index in [0.717, 1.165) is 9.25 Å². The van der Waals surface area contributed by atoms with Gasteiger partial charge in [0.25, 0.3) is 0 Å². The molecule has 0 radical (unpaired) electrons. The molecule has 0 atom stereocenters. The second-order valence-corrected chi connectivity index (χ2v) is 6.84. The normalized spacial score (nSPS) is 9.56. The van der Waals surface area contributed by atoms with Crippen molar-refractivity contribution in [2.45, 2.75) is 12.2 Å². The van der Waals surface area contributed by atoms with Gasteiger partial charge in [0, 0.05) is 0 Å². The molecule has 16 heavy (non-hydrogen) atoms. The molecule has 0 spiro atoms. The van der Waals surface area contributed by atoms with Gasteiger partial charge in [0.15, 0.2) is 0 Å². The standard InChI is InChI=1S/C11H12O3Se2/c1-2-13-10(12)8-16-11(15)14-9-6-4-3-5-7-9/h3-7H,2,8H2,1H3. The molecule has 0 heterocycles. The molecule has 0 aromatic heterocycles. The molecule has 0 aliphatic carbocycles. The summed E-state index contributed by atoms with van der Waals surface area (Å²) in [5.41, 5.74) is 0. The minimum atomic E-state index is -0.174. The van der Waals surface area contributed by atoms with Crippen LogP contribution in [0.15, 0.2) is 30.3 Å². The predicted octanol–water partition coefficient (Wildman–Crippen LogP) is 1.01. The van der Waals surface area contributed by atoms with Gasteiger partial charge in [-0.1, -0.05) is 0 Å². The first-order valence-corrected chi connectivity index (χ1v) is 7.70. The van der Waals surface area contributed by atoms with Gasteiger partial charge < -0.3 is 0 Å². The van der Waals surface area contributed by atoms with Crippen molar-refractivity contribution in [2.24, 2.45) is 0 Å². The van der Waals surface area contributed by atoms with Gasteiger partial charge in [-0.05, 0) is 0 Å². The minimum absolute atomic E-state index is 0.0257. The van der Waals surface area contributed by atoms with Crippen LogP contribution in [0.25, 0.3) is 0 Å². The first-order chi connectivity index (χ1) is 7.72. The average molecular weight is 350 g/mol. The molecule has 0 bridgehead atoms. The van der Waals surface area contributed by atoms with Gasteiger partial charge in [0.2, 0.25) is 0 Å². The third-order valence-electron chi connectivity index (χ3n) is 1.56. The van der Waals surface area contributed by atoms with Crippen LogP contribution in [0.3, 0.4) is 0 Å². The Labute approximate surface area is 109 Å². The van der Waals surface area contributed by atoms with Crippen LogP contribution in [-0.4, -0.2) is 46.6 Å². The molecular formula is C11H12O3Se2. The van der Waals surface area contributed by atoms with Crippen molar-refractivity contribution in [2.75, 3.05) is 6.61 Å². The van der Waals surface area contributed by atoms with Crippen LogP contribution in [0, 0.1) is 0 Å². The zero-order valence-electron chi connectivity index (χ0n) is 8.84. The summed E-state index contributed by atoms with van der Waals surface area (Å²) in [5, 5.41) is 0.399. The molecule has 5 heteroatoms. The average Bonchev–Trinajstić information content (AvgIpc) is 2.28. The summed E-state index contributed by atoms with van der Waals surface area (Å²) in [6.45, 7) is 2.23. The molecule has 0 unspecified atom stereocenters. The number of hydrogen-bond acceptors (Lipinski definition) is 3. The summed E-state index contributed by atoms with van der Waals surface area (Å²) in [4.78, 5) is 11.1. The van der Waals surface area contributed by atoms with Crippen LogP contribution in [0.5, 0.6) is 5.75 Å². The van der Waals surface area contributed by atoms with Gasteiger partial charge in [-0.25, -0.2) is 0 Å². The number of benzene rings is 1. The van der Waals surface area contributed by atoms with Crippen LogP contribution >= 0.6 is 0 Å². The fraction of sp³-hybridized carbons (Fsp3) is 0.273. The zero-order chi connectivity index (χ0) is 11.8. The van der Waals surface area contributed by atoms with Crippen molar-refractivity contribution in [1.82, 2.24) is 0 Å². The summed E-state index contributed by atoms with van der Waals surface area (Å²) in [6.07, 6.45) is 0. The number of hydrogen-bond donors (Lipinski definition) is 0. The summed E-state index contributed by atoms with van der Waals surface area (Å²) in [5.74, 6) is 0.605. The molecule has 0 amide bonds. The summed E-state index contributed by atoms with van der Waals surface area (Å²) in [7, 11) is 0. The molecular weight excluding hydrogens is 338 g/mol. The van der Waals surface area contributed by atoms with Gasteiger partial charge in [-0.3, -0.25) is 0 Å². The number of carbonyl (C=O) groups excluding carboxylic acids is 1. The topological polar surface area (TPSA) is 35.5 Å². The second-order valence-electron chi connectivity index (χ2n) is 2.76. The summed E-state index contributed by atoms with van der Waals surface area (Å²) >= 11 is 2.81. The van der Waals surface area contributed by atoms with E-state index in [4.69, 9.17) is 9.47 Å². The molecule has 1 aromatic rings. The number of para-hydroxylation sites is 1. The Morgan fingerprint density at radius 2 is 2.06 bits per heavy atom. The monoisotopic (exact) mass is 352 g/mol. The van der Waals surface area contributed by atoms with Crippen molar-refractivity contribution < 1.29 is 14.3 Å². The fourth-order valence-electron chi connectivity index (χ4n) is 0.935. The molecule has 3 nitrogen and oxygen atoms in total. The van der Waals surface area contributed by atoms with Crippen molar-refractivity contribution >= 4 is 40.0 Å². The number of carbonyl (C=O) groups is 1. The number of esters is 1. The number of ether oxygens (including phenoxy) is 2. The predicted molar refractivity (Wildman–Crippen MR) is 65.0 cm³/mol. The molecule has 0 aliphatic rings. The first kappa shape index (κ1) is 13.5. The van der Waals surface area contributed by atoms with Gasteiger partial charge in [-0.2, -0.15) is 0 Å². The van der Waals surface area contributed by atoms with Gasteiger partial charge in [-0.15, -0.1) is 0 Å². The van der Waals surface area contributed by atoms with E-state index in [0.29, 0.717) is 11.9 Å². The van der Waals surface area contributed by atoms with E-state index in [1.165, 1.54) is 0 Å². The molecule has 0 saturated carbocycles. The first-order valence-electron chi connectivity index (χ1n) is 4.77. The Morgan fingerprint density at radius 1 is 1.38 bits per heavy atom. The van der Waals surface area contributed by atoms with Crippen molar-refractivity contribution in [3.63, 3.8) is 0 Å². The second kappa shape index (κ2) is 7.64. The molecule has 0 aliphatic heterocycles. The van der Waals surface area contributed by atoms with Crippen molar-refractivity contribution in [3.05, 3.63) is 30.3 Å². The Hall–Kier alpha value is -0.601. The van der Waals surface area contributed by atoms with E-state index in [9.17, 15) is 4.79 Å². The zero-order valence-corrected chi connectivity index (χ0v) is 12.3. The Kier molecular flexibility index (Phi) is 6.43. The van der Waals surface area contributed by atoms with Gasteiger partial charge >= 0.3 is 109 Å². The molecule has 1 rings (SSSR count). The Morgan fingerprint density at radius 3 is 2.69 bits per heavy atom. The third-order valence-corrected chi connectivity index (χ3v) is 4.48. The van der Waals surface area contributed by atoms with Gasteiger partial charge in [0.1, 0.15) is 0 Å². The third kappa shape index (κ3) is 5.47. The Bertz CT molecular complexity index is 352. The van der Waals surface area contributed by atoms with Crippen molar-refractivity contribution in [3.8, 4) is 5.75 Å². The SMILES string of the molecule is CCOC(=O)C[Se]C(=[Se])Oc1ccccc1. The Balaban J connectivity index is 2.29. The molecule has 0 fully saturated rings. The number of rotatable bonds is 6. The maximum absolute atomic E-state index is 11.1. The van der Waals surface area contributed by atoms with Crippen LogP contribution in [-0.2, 0) is 9.53 Å². The van der Waals surface area contributed by atoms with E-state index < -0.39 is 0 Å². The van der Waals surface area contributed by atoms with E-state index >= 15 is 0 Å². The van der Waals surface area contributed by atoms with E-state index in [-0.39, 0.29) is 20.9 Å². The van der Waals surface area contributed by atoms with E-state index in [1.807, 2.05) is 30.3 Å². The maximum atomic E-state index is 11.1. The van der Waals surface area contributed by atoms with Crippen LogP contribution < -0.4 is 4.74 Å². The summed E-state index contributed by atoms with van der Waals surface area (Å²) in [6, 6.07) is 9.48. The van der Waals surface area contributed by atoms with E-state index in [2.05, 4.69) is 15.6 Å². The molecule has 0 N–H and O–H groups in total. The molecule has 86 valence electrons. The van der Waals surface area contributed by atoms with Crippen LogP contribution in [0.2, 0.25) is 5.32 Å². The summed E-state index contributed by atoms with van der Waals surface area (Å²) < 4.78 is 11.1. The van der Waals surface area contributed by atoms with Crippen LogP contribution in [0.4, 0.5) is 0 Å². The van der Waals surface area contributed by atoms with Crippen molar-refractivity contribution in [1.29, 1.82) is 0 Å². The van der Waals surface area contributed by atoms with Crippen LogP contribution in [0.1, 0.15) is 6.92 Å². The quantitative estimate of drug-likeness (QED) is 0.568. The van der Waals surface area contributed by atoms with E-state index in [1.54, 1.807) is 6.92 Å². The molecule has 0 saturated heterocycles. The molecule has 1 aromatic carbocycles. The fourth-order valence-corrected chi connectivity index (χ4v) is 2.77.